The highest BCUT2D eigenvalue weighted by atomic mass is 19.1. The molecular weight excluding hydrogens is 431 g/mol. The number of carbonyl (C=O) groups excluding carboxylic acids is 1. The van der Waals surface area contributed by atoms with Gasteiger partial charge in [-0.1, -0.05) is 18.2 Å². The molecule has 3 N–H and O–H groups in total. The van der Waals surface area contributed by atoms with Crippen LogP contribution in [0.1, 0.15) is 60.6 Å². The molecule has 1 saturated carbocycles. The van der Waals surface area contributed by atoms with E-state index in [2.05, 4.69) is 27.4 Å². The number of aliphatic hydroxyl groups is 1. The number of halogens is 1. The van der Waals surface area contributed by atoms with Crippen LogP contribution in [-0.2, 0) is 6.42 Å². The topological polar surface area (TPSA) is 90.4 Å². The molecule has 176 valence electrons. The number of hydrogen-bond acceptors (Lipinski definition) is 4. The SMILES string of the molecule is CC1CC(c2n[nH]c3ccc(C(=O)NC4CCCC(O)(Cc5ccccc5F)C4)cc23)=CC=N1. The van der Waals surface area contributed by atoms with E-state index < -0.39 is 5.60 Å². The molecular formula is C27H29FN4O2. The number of amides is 1. The average molecular weight is 461 g/mol. The summed E-state index contributed by atoms with van der Waals surface area (Å²) in [5.74, 6) is -0.484. The van der Waals surface area contributed by atoms with E-state index in [1.54, 1.807) is 24.3 Å². The van der Waals surface area contributed by atoms with Gasteiger partial charge in [0.05, 0.1) is 22.9 Å². The van der Waals surface area contributed by atoms with Crippen molar-refractivity contribution in [3.63, 3.8) is 0 Å². The van der Waals surface area contributed by atoms with E-state index in [1.807, 2.05) is 24.4 Å². The van der Waals surface area contributed by atoms with Crippen LogP contribution in [-0.4, -0.2) is 45.1 Å². The molecule has 3 atom stereocenters. The van der Waals surface area contributed by atoms with Gasteiger partial charge in [-0.25, -0.2) is 4.39 Å². The molecule has 0 spiro atoms. The molecule has 1 aliphatic carbocycles. The predicted molar refractivity (Wildman–Crippen MR) is 131 cm³/mol. The quantitative estimate of drug-likeness (QED) is 0.520. The molecule has 2 aliphatic rings. The molecule has 1 fully saturated rings. The van der Waals surface area contributed by atoms with Gasteiger partial charge < -0.3 is 10.4 Å². The van der Waals surface area contributed by atoms with Crippen molar-refractivity contribution < 1.29 is 14.3 Å². The Morgan fingerprint density at radius 1 is 1.29 bits per heavy atom. The second kappa shape index (κ2) is 9.14. The second-order valence-electron chi connectivity index (χ2n) is 9.64. The van der Waals surface area contributed by atoms with Crippen molar-refractivity contribution in [3.8, 4) is 0 Å². The van der Waals surface area contributed by atoms with Gasteiger partial charge in [0.2, 0.25) is 0 Å². The first kappa shape index (κ1) is 22.5. The van der Waals surface area contributed by atoms with Gasteiger partial charge in [0.1, 0.15) is 5.82 Å². The van der Waals surface area contributed by atoms with Crippen LogP contribution < -0.4 is 5.32 Å². The smallest absolute Gasteiger partial charge is 0.251 e. The number of carbonyl (C=O) groups is 1. The number of aromatic nitrogens is 2. The van der Waals surface area contributed by atoms with Crippen LogP contribution >= 0.6 is 0 Å². The van der Waals surface area contributed by atoms with Gasteiger partial charge in [-0.05, 0) is 80.5 Å². The molecule has 34 heavy (non-hydrogen) atoms. The minimum absolute atomic E-state index is 0.171. The minimum Gasteiger partial charge on any atom is -0.389 e. The first-order chi connectivity index (χ1) is 16.4. The highest BCUT2D eigenvalue weighted by Gasteiger charge is 2.35. The summed E-state index contributed by atoms with van der Waals surface area (Å²) in [4.78, 5) is 17.5. The van der Waals surface area contributed by atoms with E-state index in [4.69, 9.17) is 0 Å². The van der Waals surface area contributed by atoms with Crippen LogP contribution in [0.2, 0.25) is 0 Å². The van der Waals surface area contributed by atoms with Crippen LogP contribution in [0.25, 0.3) is 16.5 Å². The molecule has 1 aromatic heterocycles. The Balaban J connectivity index is 1.31. The Morgan fingerprint density at radius 3 is 2.97 bits per heavy atom. The number of allylic oxidation sites excluding steroid dienone is 1. The summed E-state index contributed by atoms with van der Waals surface area (Å²) in [7, 11) is 0. The highest BCUT2D eigenvalue weighted by Crippen LogP contribution is 2.33. The summed E-state index contributed by atoms with van der Waals surface area (Å²) >= 11 is 0. The number of nitrogens with zero attached hydrogens (tertiary/aromatic N) is 2. The summed E-state index contributed by atoms with van der Waals surface area (Å²) in [5.41, 5.74) is 2.84. The molecule has 0 radical (unpaired) electrons. The number of rotatable bonds is 5. The highest BCUT2D eigenvalue weighted by molar-refractivity contribution is 6.01. The fourth-order valence-corrected chi connectivity index (χ4v) is 5.18. The largest absolute Gasteiger partial charge is 0.389 e. The number of benzene rings is 2. The van der Waals surface area contributed by atoms with Gasteiger partial charge in [0, 0.05) is 29.6 Å². The number of aliphatic imine (C=N–C) groups is 1. The van der Waals surface area contributed by atoms with Crippen molar-refractivity contribution in [3.05, 3.63) is 71.2 Å². The zero-order chi connectivity index (χ0) is 23.7. The first-order valence-corrected chi connectivity index (χ1v) is 11.9. The molecule has 7 heteroatoms. The maximum absolute atomic E-state index is 14.1. The molecule has 0 bridgehead atoms. The molecule has 3 unspecified atom stereocenters. The number of aromatic amines is 1. The van der Waals surface area contributed by atoms with Gasteiger partial charge in [-0.2, -0.15) is 5.10 Å². The van der Waals surface area contributed by atoms with Crippen LogP contribution in [0, 0.1) is 5.82 Å². The monoisotopic (exact) mass is 460 g/mol. The van der Waals surface area contributed by atoms with Crippen molar-refractivity contribution in [1.82, 2.24) is 15.5 Å². The fourth-order valence-electron chi connectivity index (χ4n) is 5.18. The summed E-state index contributed by atoms with van der Waals surface area (Å²) in [5, 5.41) is 22.7. The molecule has 3 aromatic rings. The van der Waals surface area contributed by atoms with Crippen molar-refractivity contribution in [2.45, 2.75) is 63.1 Å². The third kappa shape index (κ3) is 4.66. The lowest BCUT2D eigenvalue weighted by Crippen LogP contribution is -2.46. The van der Waals surface area contributed by atoms with Crippen molar-refractivity contribution >= 4 is 28.6 Å². The van der Waals surface area contributed by atoms with Crippen molar-refractivity contribution in [2.75, 3.05) is 0 Å². The Hall–Kier alpha value is -3.32. The molecule has 2 aromatic carbocycles. The molecule has 0 saturated heterocycles. The Bertz CT molecular complexity index is 1280. The maximum atomic E-state index is 14.1. The van der Waals surface area contributed by atoms with Gasteiger partial charge >= 0.3 is 0 Å². The molecule has 5 rings (SSSR count). The molecule has 6 nitrogen and oxygen atoms in total. The van der Waals surface area contributed by atoms with E-state index in [0.717, 1.165) is 41.4 Å². The van der Waals surface area contributed by atoms with Gasteiger partial charge in [0.15, 0.2) is 0 Å². The summed E-state index contributed by atoms with van der Waals surface area (Å²) < 4.78 is 14.1. The van der Waals surface area contributed by atoms with E-state index in [1.165, 1.54) is 6.07 Å². The Kier molecular flexibility index (Phi) is 6.04. The van der Waals surface area contributed by atoms with Crippen LogP contribution in [0.3, 0.4) is 0 Å². The zero-order valence-corrected chi connectivity index (χ0v) is 19.2. The standard InChI is InChI=1S/C27H29FN4O2/c1-17-13-18(10-12-29-17)25-22-14-19(8-9-24(22)31-32-25)26(33)30-21-6-4-11-27(34,16-21)15-20-5-2-3-7-23(20)28/h2-3,5,7-10,12,14,17,21,34H,4,6,11,13,15-16H2,1H3,(H,30,33)(H,31,32). The van der Waals surface area contributed by atoms with Crippen LogP contribution in [0.5, 0.6) is 0 Å². The second-order valence-corrected chi connectivity index (χ2v) is 9.64. The van der Waals surface area contributed by atoms with Gasteiger partial charge in [0.25, 0.3) is 5.91 Å². The predicted octanol–water partition coefficient (Wildman–Crippen LogP) is 4.59. The molecule has 1 amide bonds. The minimum atomic E-state index is -1.04. The maximum Gasteiger partial charge on any atom is 0.251 e. The lowest BCUT2D eigenvalue weighted by molar-refractivity contribution is -0.00685. The number of fused-ring (bicyclic) bond motifs is 1. The Morgan fingerprint density at radius 2 is 2.15 bits per heavy atom. The van der Waals surface area contributed by atoms with E-state index in [0.29, 0.717) is 24.0 Å². The summed E-state index contributed by atoms with van der Waals surface area (Å²) in [6.45, 7) is 2.06. The number of H-pyrrole nitrogens is 1. The summed E-state index contributed by atoms with van der Waals surface area (Å²) in [6.07, 6.45) is 7.38. The average Bonchev–Trinajstić information content (AvgIpc) is 3.24. The fraction of sp³-hybridized carbons (Fsp3) is 0.370. The van der Waals surface area contributed by atoms with Crippen molar-refractivity contribution in [1.29, 1.82) is 0 Å². The first-order valence-electron chi connectivity index (χ1n) is 11.9. The third-order valence-electron chi connectivity index (χ3n) is 6.89. The number of hydrogen-bond donors (Lipinski definition) is 3. The zero-order valence-electron chi connectivity index (χ0n) is 19.2. The van der Waals surface area contributed by atoms with Gasteiger partial charge in [-0.3, -0.25) is 14.9 Å². The van der Waals surface area contributed by atoms with E-state index in [-0.39, 0.29) is 30.2 Å². The number of dihydropyridines is 1. The normalized spacial score (nSPS) is 24.7. The third-order valence-corrected chi connectivity index (χ3v) is 6.89. The van der Waals surface area contributed by atoms with E-state index >= 15 is 0 Å². The van der Waals surface area contributed by atoms with Crippen molar-refractivity contribution in [2.24, 2.45) is 4.99 Å². The lowest BCUT2D eigenvalue weighted by atomic mass is 9.78. The summed E-state index contributed by atoms with van der Waals surface area (Å²) in [6, 6.07) is 12.1. The molecule has 1 aliphatic heterocycles. The van der Waals surface area contributed by atoms with Gasteiger partial charge in [-0.15, -0.1) is 0 Å². The van der Waals surface area contributed by atoms with Crippen LogP contribution in [0.4, 0.5) is 4.39 Å². The van der Waals surface area contributed by atoms with Crippen LogP contribution in [0.15, 0.2) is 53.5 Å². The lowest BCUT2D eigenvalue weighted by Gasteiger charge is -2.37. The number of nitrogens with one attached hydrogen (secondary N) is 2. The van der Waals surface area contributed by atoms with E-state index in [9.17, 15) is 14.3 Å². The molecule has 2 heterocycles. The Labute approximate surface area is 198 Å².